The number of carbonyl (C=O) groups is 1. The van der Waals surface area contributed by atoms with Crippen molar-refractivity contribution in [3.63, 3.8) is 0 Å². The van der Waals surface area contributed by atoms with Gasteiger partial charge in [-0.2, -0.15) is 0 Å². The van der Waals surface area contributed by atoms with E-state index in [2.05, 4.69) is 0 Å². The van der Waals surface area contributed by atoms with Crippen LogP contribution in [-0.2, 0) is 4.74 Å². The van der Waals surface area contributed by atoms with Crippen molar-refractivity contribution < 1.29 is 14.6 Å². The molecule has 0 unspecified atom stereocenters. The average Bonchev–Trinajstić information content (AvgIpc) is 2.06. The molecule has 88 valence electrons. The highest BCUT2D eigenvalue weighted by Crippen LogP contribution is 2.32. The molecule has 0 saturated heterocycles. The summed E-state index contributed by atoms with van der Waals surface area (Å²) in [5.74, 6) is 0.530. The maximum Gasteiger partial charge on any atom is 0.405 e. The molecule has 0 bridgehead atoms. The third-order valence-corrected chi connectivity index (χ3v) is 2.97. The van der Waals surface area contributed by atoms with E-state index in [0.717, 1.165) is 32.1 Å². The topological polar surface area (TPSA) is 72.6 Å². The SMILES string of the molecule is CC(C)(CC1CCC(O)CC1)OC(N)=O. The van der Waals surface area contributed by atoms with Gasteiger partial charge in [-0.25, -0.2) is 4.79 Å². The molecule has 0 radical (unpaired) electrons. The van der Waals surface area contributed by atoms with Crippen LogP contribution < -0.4 is 5.73 Å². The Balaban J connectivity index is 2.36. The minimum Gasteiger partial charge on any atom is -0.444 e. The molecule has 0 aromatic carbocycles. The van der Waals surface area contributed by atoms with Gasteiger partial charge < -0.3 is 15.6 Å². The van der Waals surface area contributed by atoms with Gasteiger partial charge in [-0.1, -0.05) is 0 Å². The van der Waals surface area contributed by atoms with Gasteiger partial charge in [0.25, 0.3) is 0 Å². The number of nitrogens with two attached hydrogens (primary N) is 1. The van der Waals surface area contributed by atoms with Crippen molar-refractivity contribution in [2.45, 2.75) is 57.7 Å². The van der Waals surface area contributed by atoms with Crippen molar-refractivity contribution in [1.29, 1.82) is 0 Å². The van der Waals surface area contributed by atoms with Crippen molar-refractivity contribution in [2.24, 2.45) is 11.7 Å². The fourth-order valence-electron chi connectivity index (χ4n) is 2.36. The molecule has 15 heavy (non-hydrogen) atoms. The molecule has 0 atom stereocenters. The Labute approximate surface area is 90.8 Å². The number of amides is 1. The number of carbonyl (C=O) groups excluding carboxylic acids is 1. The van der Waals surface area contributed by atoms with E-state index in [1.165, 1.54) is 0 Å². The molecular weight excluding hydrogens is 194 g/mol. The number of hydrogen-bond donors (Lipinski definition) is 2. The lowest BCUT2D eigenvalue weighted by atomic mass is 9.81. The first-order valence-electron chi connectivity index (χ1n) is 5.55. The second-order valence-corrected chi connectivity index (χ2v) is 5.06. The Hall–Kier alpha value is -0.770. The normalized spacial score (nSPS) is 27.4. The molecule has 1 aliphatic rings. The first-order chi connectivity index (χ1) is 6.89. The molecule has 4 heteroatoms. The largest absolute Gasteiger partial charge is 0.444 e. The van der Waals surface area contributed by atoms with Gasteiger partial charge in [0.1, 0.15) is 5.60 Å². The van der Waals surface area contributed by atoms with Crippen LogP contribution in [0, 0.1) is 5.92 Å². The highest BCUT2D eigenvalue weighted by Gasteiger charge is 2.29. The molecule has 0 aromatic rings. The summed E-state index contributed by atoms with van der Waals surface area (Å²) < 4.78 is 5.04. The third kappa shape index (κ3) is 4.51. The van der Waals surface area contributed by atoms with Crippen molar-refractivity contribution in [3.8, 4) is 0 Å². The lowest BCUT2D eigenvalue weighted by Gasteiger charge is -2.32. The van der Waals surface area contributed by atoms with Gasteiger partial charge in [-0.05, 0) is 51.9 Å². The smallest absolute Gasteiger partial charge is 0.405 e. The highest BCUT2D eigenvalue weighted by atomic mass is 16.6. The standard InChI is InChI=1S/C11H21NO3/c1-11(2,15-10(12)14)7-8-3-5-9(13)6-4-8/h8-9,13H,3-7H2,1-2H3,(H2,12,14). The summed E-state index contributed by atoms with van der Waals surface area (Å²) in [4.78, 5) is 10.7. The average molecular weight is 215 g/mol. The van der Waals surface area contributed by atoms with Gasteiger partial charge in [0.05, 0.1) is 6.10 Å². The highest BCUT2D eigenvalue weighted by molar-refractivity contribution is 5.65. The van der Waals surface area contributed by atoms with E-state index in [0.29, 0.717) is 5.92 Å². The summed E-state index contributed by atoms with van der Waals surface area (Å²) in [6.07, 6.45) is 3.70. The summed E-state index contributed by atoms with van der Waals surface area (Å²) in [5.41, 5.74) is 4.52. The maximum atomic E-state index is 10.7. The fraction of sp³-hybridized carbons (Fsp3) is 0.909. The number of hydrogen-bond acceptors (Lipinski definition) is 3. The van der Waals surface area contributed by atoms with Crippen LogP contribution in [0.2, 0.25) is 0 Å². The van der Waals surface area contributed by atoms with Gasteiger partial charge in [0.15, 0.2) is 0 Å². The molecule has 1 rings (SSSR count). The molecule has 0 aliphatic heterocycles. The van der Waals surface area contributed by atoms with Crippen LogP contribution in [0.25, 0.3) is 0 Å². The summed E-state index contributed by atoms with van der Waals surface area (Å²) in [5, 5.41) is 9.37. The lowest BCUT2D eigenvalue weighted by Crippen LogP contribution is -2.34. The number of aliphatic hydroxyl groups excluding tert-OH is 1. The zero-order valence-corrected chi connectivity index (χ0v) is 9.53. The van der Waals surface area contributed by atoms with Crippen LogP contribution in [0.5, 0.6) is 0 Å². The van der Waals surface area contributed by atoms with Gasteiger partial charge in [-0.15, -0.1) is 0 Å². The quantitative estimate of drug-likeness (QED) is 0.754. The van der Waals surface area contributed by atoms with E-state index in [1.807, 2.05) is 13.8 Å². The number of aliphatic hydroxyl groups is 1. The monoisotopic (exact) mass is 215 g/mol. The molecule has 0 spiro atoms. The summed E-state index contributed by atoms with van der Waals surface area (Å²) in [7, 11) is 0. The molecule has 0 aromatic heterocycles. The number of ether oxygens (including phenoxy) is 1. The van der Waals surface area contributed by atoms with Crippen molar-refractivity contribution in [1.82, 2.24) is 0 Å². The Morgan fingerprint density at radius 2 is 1.93 bits per heavy atom. The molecule has 1 fully saturated rings. The predicted molar refractivity (Wildman–Crippen MR) is 57.3 cm³/mol. The molecule has 1 saturated carbocycles. The second kappa shape index (κ2) is 4.84. The molecule has 3 N–H and O–H groups in total. The first kappa shape index (κ1) is 12.3. The van der Waals surface area contributed by atoms with Crippen molar-refractivity contribution in [3.05, 3.63) is 0 Å². The summed E-state index contributed by atoms with van der Waals surface area (Å²) in [6.45, 7) is 3.76. The zero-order valence-electron chi connectivity index (χ0n) is 9.53. The van der Waals surface area contributed by atoms with Crippen molar-refractivity contribution >= 4 is 6.09 Å². The summed E-state index contributed by atoms with van der Waals surface area (Å²) >= 11 is 0. The van der Waals surface area contributed by atoms with Crippen molar-refractivity contribution in [2.75, 3.05) is 0 Å². The van der Waals surface area contributed by atoms with E-state index in [9.17, 15) is 9.90 Å². The van der Waals surface area contributed by atoms with Crippen LogP contribution in [0.3, 0.4) is 0 Å². The minimum atomic E-state index is -0.712. The lowest BCUT2D eigenvalue weighted by molar-refractivity contribution is 0.0131. The van der Waals surface area contributed by atoms with E-state index >= 15 is 0 Å². The number of primary amides is 1. The van der Waals surface area contributed by atoms with Gasteiger partial charge in [-0.3, -0.25) is 0 Å². The maximum absolute atomic E-state index is 10.7. The molecule has 0 heterocycles. The Morgan fingerprint density at radius 1 is 1.40 bits per heavy atom. The molecule has 1 amide bonds. The fourth-order valence-corrected chi connectivity index (χ4v) is 2.36. The van der Waals surface area contributed by atoms with Crippen LogP contribution in [0.15, 0.2) is 0 Å². The summed E-state index contributed by atoms with van der Waals surface area (Å²) in [6, 6.07) is 0. The first-order valence-corrected chi connectivity index (χ1v) is 5.55. The third-order valence-electron chi connectivity index (χ3n) is 2.97. The van der Waals surface area contributed by atoms with Crippen LogP contribution in [0.4, 0.5) is 4.79 Å². The van der Waals surface area contributed by atoms with Gasteiger partial charge >= 0.3 is 6.09 Å². The zero-order chi connectivity index (χ0) is 11.5. The Bertz CT molecular complexity index is 220. The van der Waals surface area contributed by atoms with E-state index in [1.54, 1.807) is 0 Å². The van der Waals surface area contributed by atoms with E-state index in [-0.39, 0.29) is 6.10 Å². The Morgan fingerprint density at radius 3 is 2.40 bits per heavy atom. The molecular formula is C11H21NO3. The van der Waals surface area contributed by atoms with E-state index in [4.69, 9.17) is 10.5 Å². The van der Waals surface area contributed by atoms with E-state index < -0.39 is 11.7 Å². The van der Waals surface area contributed by atoms with Gasteiger partial charge in [0, 0.05) is 0 Å². The Kier molecular flexibility index (Phi) is 3.97. The van der Waals surface area contributed by atoms with Crippen LogP contribution in [0.1, 0.15) is 46.0 Å². The second-order valence-electron chi connectivity index (χ2n) is 5.06. The van der Waals surface area contributed by atoms with Crippen LogP contribution in [-0.4, -0.2) is 22.9 Å². The van der Waals surface area contributed by atoms with Gasteiger partial charge in [0.2, 0.25) is 0 Å². The minimum absolute atomic E-state index is 0.138. The number of rotatable bonds is 3. The predicted octanol–water partition coefficient (Wildman–Crippen LogP) is 1.80. The molecule has 1 aliphatic carbocycles. The molecule has 4 nitrogen and oxygen atoms in total. The van der Waals surface area contributed by atoms with Crippen LogP contribution >= 0.6 is 0 Å².